The van der Waals surface area contributed by atoms with E-state index in [2.05, 4.69) is 17.1 Å². The fourth-order valence-electron chi connectivity index (χ4n) is 1.48. The van der Waals surface area contributed by atoms with Gasteiger partial charge in [0, 0.05) is 13.0 Å². The van der Waals surface area contributed by atoms with Crippen molar-refractivity contribution in [2.24, 2.45) is 11.7 Å². The SMILES string of the molecule is COCC(N)c1nc(C2CC2C)no1. The lowest BCUT2D eigenvalue weighted by atomic mass is 10.3. The average molecular weight is 197 g/mol. The zero-order valence-electron chi connectivity index (χ0n) is 8.43. The molecule has 1 aromatic heterocycles. The second-order valence-corrected chi connectivity index (χ2v) is 3.87. The molecule has 1 aromatic rings. The summed E-state index contributed by atoms with van der Waals surface area (Å²) in [6.45, 7) is 2.58. The van der Waals surface area contributed by atoms with Crippen molar-refractivity contribution in [3.05, 3.63) is 11.7 Å². The zero-order chi connectivity index (χ0) is 10.1. The summed E-state index contributed by atoms with van der Waals surface area (Å²) in [6, 6.07) is -0.310. The molecular formula is C9H15N3O2. The van der Waals surface area contributed by atoms with E-state index in [-0.39, 0.29) is 6.04 Å². The lowest BCUT2D eigenvalue weighted by Gasteiger charge is -2.02. The third-order valence-electron chi connectivity index (χ3n) is 2.56. The Hall–Kier alpha value is -0.940. The van der Waals surface area contributed by atoms with Crippen LogP contribution in [-0.4, -0.2) is 23.9 Å². The highest BCUT2D eigenvalue weighted by Crippen LogP contribution is 2.45. The Balaban J connectivity index is 2.02. The average Bonchev–Trinajstić information content (AvgIpc) is 2.70. The van der Waals surface area contributed by atoms with Crippen molar-refractivity contribution in [1.29, 1.82) is 0 Å². The van der Waals surface area contributed by atoms with Crippen LogP contribution in [0.25, 0.3) is 0 Å². The van der Waals surface area contributed by atoms with Crippen LogP contribution < -0.4 is 5.73 Å². The van der Waals surface area contributed by atoms with Crippen LogP contribution in [0.5, 0.6) is 0 Å². The number of methoxy groups -OCH3 is 1. The lowest BCUT2D eigenvalue weighted by molar-refractivity contribution is 0.166. The quantitative estimate of drug-likeness (QED) is 0.774. The van der Waals surface area contributed by atoms with Gasteiger partial charge in [-0.15, -0.1) is 0 Å². The van der Waals surface area contributed by atoms with Crippen molar-refractivity contribution >= 4 is 0 Å². The highest BCUT2D eigenvalue weighted by molar-refractivity contribution is 5.08. The molecule has 2 rings (SSSR count). The molecule has 3 atom stereocenters. The predicted molar refractivity (Wildman–Crippen MR) is 49.6 cm³/mol. The number of nitrogens with two attached hydrogens (primary N) is 1. The van der Waals surface area contributed by atoms with E-state index in [1.807, 2.05) is 0 Å². The third-order valence-corrected chi connectivity index (χ3v) is 2.56. The van der Waals surface area contributed by atoms with Crippen molar-refractivity contribution in [3.63, 3.8) is 0 Å². The highest BCUT2D eigenvalue weighted by Gasteiger charge is 2.38. The fraction of sp³-hybridized carbons (Fsp3) is 0.778. The van der Waals surface area contributed by atoms with E-state index >= 15 is 0 Å². The number of rotatable bonds is 4. The number of hydrogen-bond donors (Lipinski definition) is 1. The van der Waals surface area contributed by atoms with E-state index in [1.54, 1.807) is 7.11 Å². The van der Waals surface area contributed by atoms with Gasteiger partial charge < -0.3 is 15.0 Å². The molecule has 14 heavy (non-hydrogen) atoms. The van der Waals surface area contributed by atoms with Gasteiger partial charge in [-0.05, 0) is 12.3 Å². The van der Waals surface area contributed by atoms with E-state index in [0.717, 1.165) is 12.2 Å². The summed E-state index contributed by atoms with van der Waals surface area (Å²) < 4.78 is 9.97. The van der Waals surface area contributed by atoms with E-state index in [0.29, 0.717) is 24.3 Å². The molecule has 1 saturated carbocycles. The third kappa shape index (κ3) is 1.78. The molecule has 3 unspecified atom stereocenters. The standard InChI is InChI=1S/C9H15N3O2/c1-5-3-6(5)8-11-9(14-12-8)7(10)4-13-2/h5-7H,3-4,10H2,1-2H3. The van der Waals surface area contributed by atoms with E-state index in [4.69, 9.17) is 15.0 Å². The monoisotopic (exact) mass is 197 g/mol. The molecule has 78 valence electrons. The van der Waals surface area contributed by atoms with Gasteiger partial charge in [0.1, 0.15) is 6.04 Å². The van der Waals surface area contributed by atoms with Crippen LogP contribution in [0.15, 0.2) is 4.52 Å². The summed E-state index contributed by atoms with van der Waals surface area (Å²) in [5, 5.41) is 3.91. The number of ether oxygens (including phenoxy) is 1. The number of aromatic nitrogens is 2. The normalized spacial score (nSPS) is 27.6. The Morgan fingerprint density at radius 1 is 1.71 bits per heavy atom. The molecular weight excluding hydrogens is 182 g/mol. The molecule has 1 heterocycles. The summed E-state index contributed by atoms with van der Waals surface area (Å²) in [7, 11) is 1.60. The Morgan fingerprint density at radius 2 is 2.43 bits per heavy atom. The molecule has 1 fully saturated rings. The molecule has 1 aliphatic carbocycles. The first-order valence-electron chi connectivity index (χ1n) is 4.80. The van der Waals surface area contributed by atoms with Crippen LogP contribution >= 0.6 is 0 Å². The molecule has 0 radical (unpaired) electrons. The van der Waals surface area contributed by atoms with Crippen molar-refractivity contribution in [1.82, 2.24) is 10.1 Å². The van der Waals surface area contributed by atoms with Crippen LogP contribution in [0, 0.1) is 5.92 Å². The van der Waals surface area contributed by atoms with Crippen LogP contribution in [0.1, 0.15) is 37.0 Å². The van der Waals surface area contributed by atoms with Crippen molar-refractivity contribution in [2.45, 2.75) is 25.3 Å². The topological polar surface area (TPSA) is 74.2 Å². The predicted octanol–water partition coefficient (Wildman–Crippen LogP) is 0.839. The van der Waals surface area contributed by atoms with Crippen molar-refractivity contribution in [3.8, 4) is 0 Å². The molecule has 0 amide bonds. The Kier molecular flexibility index (Phi) is 2.52. The van der Waals surface area contributed by atoms with Crippen LogP contribution in [0.3, 0.4) is 0 Å². The van der Waals surface area contributed by atoms with Gasteiger partial charge in [0.05, 0.1) is 6.61 Å². The molecule has 5 heteroatoms. The van der Waals surface area contributed by atoms with Gasteiger partial charge in [-0.25, -0.2) is 0 Å². The van der Waals surface area contributed by atoms with Crippen LogP contribution in [0.2, 0.25) is 0 Å². The second-order valence-electron chi connectivity index (χ2n) is 3.87. The maximum Gasteiger partial charge on any atom is 0.245 e. The van der Waals surface area contributed by atoms with Gasteiger partial charge in [-0.3, -0.25) is 0 Å². The zero-order valence-corrected chi connectivity index (χ0v) is 8.43. The molecule has 0 aromatic carbocycles. The maximum absolute atomic E-state index is 5.75. The number of hydrogen-bond acceptors (Lipinski definition) is 5. The maximum atomic E-state index is 5.75. The summed E-state index contributed by atoms with van der Waals surface area (Å²) in [5.41, 5.74) is 5.75. The summed E-state index contributed by atoms with van der Waals surface area (Å²) >= 11 is 0. The van der Waals surface area contributed by atoms with Gasteiger partial charge in [-0.2, -0.15) is 4.98 Å². The van der Waals surface area contributed by atoms with Gasteiger partial charge in [0.25, 0.3) is 0 Å². The molecule has 5 nitrogen and oxygen atoms in total. The summed E-state index contributed by atoms with van der Waals surface area (Å²) in [5.74, 6) is 2.42. The Morgan fingerprint density at radius 3 is 3.00 bits per heavy atom. The molecule has 0 aliphatic heterocycles. The first kappa shape index (κ1) is 9.61. The van der Waals surface area contributed by atoms with Crippen molar-refractivity contribution < 1.29 is 9.26 Å². The largest absolute Gasteiger partial charge is 0.383 e. The van der Waals surface area contributed by atoms with E-state index in [1.165, 1.54) is 0 Å². The lowest BCUT2D eigenvalue weighted by Crippen LogP contribution is -2.16. The summed E-state index contributed by atoms with van der Waals surface area (Å²) in [6.07, 6.45) is 1.15. The minimum absolute atomic E-state index is 0.310. The molecule has 2 N–H and O–H groups in total. The Labute approximate surface area is 82.6 Å². The second kappa shape index (κ2) is 3.67. The number of nitrogens with zero attached hydrogens (tertiary/aromatic N) is 2. The van der Waals surface area contributed by atoms with Crippen LogP contribution in [-0.2, 0) is 4.74 Å². The Bertz CT molecular complexity index is 313. The van der Waals surface area contributed by atoms with Crippen LogP contribution in [0.4, 0.5) is 0 Å². The first-order valence-corrected chi connectivity index (χ1v) is 4.80. The first-order chi connectivity index (χ1) is 6.72. The molecule has 1 aliphatic rings. The molecule has 0 bridgehead atoms. The van der Waals surface area contributed by atoms with Gasteiger partial charge in [0.15, 0.2) is 5.82 Å². The molecule has 0 spiro atoms. The molecule has 0 saturated heterocycles. The fourth-order valence-corrected chi connectivity index (χ4v) is 1.48. The highest BCUT2D eigenvalue weighted by atomic mass is 16.5. The van der Waals surface area contributed by atoms with E-state index in [9.17, 15) is 0 Å². The smallest absolute Gasteiger partial charge is 0.245 e. The van der Waals surface area contributed by atoms with Gasteiger partial charge in [0.2, 0.25) is 5.89 Å². The van der Waals surface area contributed by atoms with Gasteiger partial charge >= 0.3 is 0 Å². The minimum atomic E-state index is -0.310. The van der Waals surface area contributed by atoms with E-state index < -0.39 is 0 Å². The van der Waals surface area contributed by atoms with Gasteiger partial charge in [-0.1, -0.05) is 12.1 Å². The minimum Gasteiger partial charge on any atom is -0.383 e. The van der Waals surface area contributed by atoms with Crippen molar-refractivity contribution in [2.75, 3.05) is 13.7 Å². The summed E-state index contributed by atoms with van der Waals surface area (Å²) in [4.78, 5) is 4.26.